The zero-order valence-electron chi connectivity index (χ0n) is 12.8. The van der Waals surface area contributed by atoms with Gasteiger partial charge in [0.05, 0.1) is 6.61 Å². The van der Waals surface area contributed by atoms with Crippen LogP contribution in [-0.4, -0.2) is 41.8 Å². The van der Waals surface area contributed by atoms with Gasteiger partial charge in [0, 0.05) is 12.1 Å². The van der Waals surface area contributed by atoms with Crippen LogP contribution in [0.3, 0.4) is 0 Å². The van der Waals surface area contributed by atoms with Gasteiger partial charge in [0.25, 0.3) is 0 Å². The molecule has 1 aliphatic heterocycles. The van der Waals surface area contributed by atoms with Crippen LogP contribution in [-0.2, 0) is 0 Å². The molecule has 0 aromatic heterocycles. The molecule has 1 saturated heterocycles. The molecular weight excluding hydrogens is 236 g/mol. The maximum atomic E-state index is 9.51. The molecule has 1 heterocycles. The van der Waals surface area contributed by atoms with E-state index in [1.165, 1.54) is 58.2 Å². The Kier molecular flexibility index (Phi) is 4.91. The quantitative estimate of drug-likeness (QED) is 0.777. The van der Waals surface area contributed by atoms with Crippen LogP contribution in [0, 0.1) is 11.3 Å². The first kappa shape index (κ1) is 15.3. The second kappa shape index (κ2) is 6.11. The molecule has 3 N–H and O–H groups in total. The Balaban J connectivity index is 1.81. The van der Waals surface area contributed by atoms with Crippen molar-refractivity contribution in [2.75, 3.05) is 26.2 Å². The minimum absolute atomic E-state index is 0.158. The second-order valence-electron chi connectivity index (χ2n) is 7.00. The molecule has 2 fully saturated rings. The smallest absolute Gasteiger partial charge is 0.0613 e. The largest absolute Gasteiger partial charge is 0.394 e. The number of hydrogen-bond acceptors (Lipinski definition) is 3. The zero-order chi connectivity index (χ0) is 13.9. The molecule has 0 amide bonds. The van der Waals surface area contributed by atoms with Gasteiger partial charge in [-0.1, -0.05) is 20.3 Å². The van der Waals surface area contributed by atoms with Crippen molar-refractivity contribution in [3.05, 3.63) is 0 Å². The summed E-state index contributed by atoms with van der Waals surface area (Å²) < 4.78 is 0. The summed E-state index contributed by atoms with van der Waals surface area (Å²) in [6.07, 6.45) is 8.54. The van der Waals surface area contributed by atoms with Crippen molar-refractivity contribution in [3.63, 3.8) is 0 Å². The van der Waals surface area contributed by atoms with Gasteiger partial charge < -0.3 is 15.7 Å². The number of nitrogens with zero attached hydrogens (tertiary/aromatic N) is 1. The van der Waals surface area contributed by atoms with Gasteiger partial charge >= 0.3 is 0 Å². The molecule has 0 radical (unpaired) electrons. The molecule has 2 atom stereocenters. The van der Waals surface area contributed by atoms with Crippen molar-refractivity contribution in [2.24, 2.45) is 17.1 Å². The van der Waals surface area contributed by atoms with Crippen LogP contribution in [0.4, 0.5) is 0 Å². The van der Waals surface area contributed by atoms with E-state index in [1.807, 2.05) is 0 Å². The number of likely N-dealkylation sites (tertiary alicyclic amines) is 1. The Morgan fingerprint density at radius 2 is 2.00 bits per heavy atom. The summed E-state index contributed by atoms with van der Waals surface area (Å²) >= 11 is 0. The van der Waals surface area contributed by atoms with Gasteiger partial charge in [-0.3, -0.25) is 0 Å². The van der Waals surface area contributed by atoms with Crippen LogP contribution in [0.15, 0.2) is 0 Å². The maximum absolute atomic E-state index is 9.51. The highest BCUT2D eigenvalue weighted by molar-refractivity contribution is 4.97. The van der Waals surface area contributed by atoms with Gasteiger partial charge in [0.1, 0.15) is 0 Å². The van der Waals surface area contributed by atoms with E-state index in [0.717, 1.165) is 6.42 Å². The molecule has 2 unspecified atom stereocenters. The Morgan fingerprint density at radius 3 is 2.58 bits per heavy atom. The van der Waals surface area contributed by atoms with E-state index in [2.05, 4.69) is 18.7 Å². The Labute approximate surface area is 118 Å². The topological polar surface area (TPSA) is 49.5 Å². The van der Waals surface area contributed by atoms with Gasteiger partial charge in [-0.05, 0) is 62.9 Å². The predicted molar refractivity (Wildman–Crippen MR) is 80.0 cm³/mol. The van der Waals surface area contributed by atoms with Gasteiger partial charge in [-0.25, -0.2) is 0 Å². The van der Waals surface area contributed by atoms with E-state index in [-0.39, 0.29) is 12.1 Å². The molecule has 0 aromatic rings. The fourth-order valence-electron chi connectivity index (χ4n) is 4.19. The summed E-state index contributed by atoms with van der Waals surface area (Å²) in [6.45, 7) is 8.52. The average molecular weight is 268 g/mol. The Hall–Kier alpha value is -0.120. The van der Waals surface area contributed by atoms with Crippen molar-refractivity contribution in [2.45, 2.75) is 64.3 Å². The van der Waals surface area contributed by atoms with E-state index in [9.17, 15) is 5.11 Å². The van der Waals surface area contributed by atoms with Crippen LogP contribution in [0.2, 0.25) is 0 Å². The summed E-state index contributed by atoms with van der Waals surface area (Å²) in [5, 5.41) is 9.51. The molecule has 1 aliphatic carbocycles. The van der Waals surface area contributed by atoms with Crippen LogP contribution in [0.1, 0.15) is 58.8 Å². The first-order chi connectivity index (χ1) is 9.07. The summed E-state index contributed by atoms with van der Waals surface area (Å²) in [4.78, 5) is 2.63. The van der Waals surface area contributed by atoms with Crippen LogP contribution >= 0.6 is 0 Å². The number of nitrogens with two attached hydrogens (primary N) is 1. The molecule has 112 valence electrons. The minimum atomic E-state index is -0.285. The first-order valence-electron chi connectivity index (χ1n) is 8.19. The third-order valence-corrected chi connectivity index (χ3v) is 6.11. The third-order valence-electron chi connectivity index (χ3n) is 6.11. The zero-order valence-corrected chi connectivity index (χ0v) is 12.8. The lowest BCUT2D eigenvalue weighted by Gasteiger charge is -2.31. The van der Waals surface area contributed by atoms with Crippen LogP contribution < -0.4 is 5.73 Å². The molecule has 0 aromatic carbocycles. The second-order valence-corrected chi connectivity index (χ2v) is 7.00. The highest BCUT2D eigenvalue weighted by atomic mass is 16.3. The fraction of sp³-hybridized carbons (Fsp3) is 1.00. The van der Waals surface area contributed by atoms with Crippen molar-refractivity contribution < 1.29 is 5.11 Å². The number of aliphatic hydroxyl groups excluding tert-OH is 1. The van der Waals surface area contributed by atoms with E-state index in [4.69, 9.17) is 5.73 Å². The van der Waals surface area contributed by atoms with Gasteiger partial charge in [0.15, 0.2) is 0 Å². The first-order valence-corrected chi connectivity index (χ1v) is 8.19. The summed E-state index contributed by atoms with van der Waals surface area (Å²) in [6, 6.07) is 0. The van der Waals surface area contributed by atoms with E-state index in [1.54, 1.807) is 0 Å². The molecule has 19 heavy (non-hydrogen) atoms. The molecule has 0 bridgehead atoms. The van der Waals surface area contributed by atoms with Gasteiger partial charge in [-0.2, -0.15) is 0 Å². The predicted octanol–water partition coefficient (Wildman–Crippen LogP) is 2.38. The lowest BCUT2D eigenvalue weighted by Crippen LogP contribution is -2.47. The standard InChI is InChI=1S/C16H32N2O/c1-3-15(4-2)9-11-18(12-15)10-7-14-6-5-8-16(14,17)13-19/h14,19H,3-13,17H2,1-2H3. The summed E-state index contributed by atoms with van der Waals surface area (Å²) in [5.74, 6) is 0.524. The highest BCUT2D eigenvalue weighted by Crippen LogP contribution is 2.39. The van der Waals surface area contributed by atoms with Crippen molar-refractivity contribution in [1.82, 2.24) is 4.90 Å². The molecular formula is C16H32N2O. The molecule has 1 saturated carbocycles. The molecule has 2 aliphatic rings. The molecule has 3 heteroatoms. The van der Waals surface area contributed by atoms with E-state index in [0.29, 0.717) is 11.3 Å². The lowest BCUT2D eigenvalue weighted by molar-refractivity contribution is 0.144. The van der Waals surface area contributed by atoms with E-state index >= 15 is 0 Å². The summed E-state index contributed by atoms with van der Waals surface area (Å²) in [7, 11) is 0. The normalized spacial score (nSPS) is 35.1. The lowest BCUT2D eigenvalue weighted by atomic mass is 9.82. The molecule has 3 nitrogen and oxygen atoms in total. The van der Waals surface area contributed by atoms with Gasteiger partial charge in [0.2, 0.25) is 0 Å². The number of rotatable bonds is 6. The van der Waals surface area contributed by atoms with Crippen molar-refractivity contribution in [1.29, 1.82) is 0 Å². The average Bonchev–Trinajstić information content (AvgIpc) is 3.01. The molecule has 2 rings (SSSR count). The SMILES string of the molecule is CCC1(CC)CCN(CCC2CCCC2(N)CO)C1. The number of hydrogen-bond donors (Lipinski definition) is 2. The van der Waals surface area contributed by atoms with Crippen LogP contribution in [0.25, 0.3) is 0 Å². The molecule has 0 spiro atoms. The number of aliphatic hydroxyl groups is 1. The maximum Gasteiger partial charge on any atom is 0.0613 e. The third kappa shape index (κ3) is 3.14. The van der Waals surface area contributed by atoms with Gasteiger partial charge in [-0.15, -0.1) is 0 Å². The monoisotopic (exact) mass is 268 g/mol. The van der Waals surface area contributed by atoms with Crippen molar-refractivity contribution in [3.8, 4) is 0 Å². The minimum Gasteiger partial charge on any atom is -0.394 e. The van der Waals surface area contributed by atoms with Crippen molar-refractivity contribution >= 4 is 0 Å². The summed E-state index contributed by atoms with van der Waals surface area (Å²) in [5.41, 5.74) is 6.61. The fourth-order valence-corrected chi connectivity index (χ4v) is 4.19. The Morgan fingerprint density at radius 1 is 1.26 bits per heavy atom. The highest BCUT2D eigenvalue weighted by Gasteiger charge is 2.40. The van der Waals surface area contributed by atoms with Crippen LogP contribution in [0.5, 0.6) is 0 Å². The van der Waals surface area contributed by atoms with E-state index < -0.39 is 0 Å². The Bertz CT molecular complexity index is 290.